The molecule has 0 fully saturated rings. The number of unbranched alkanes of at least 4 members (excludes halogenated alkanes) is 20. The summed E-state index contributed by atoms with van der Waals surface area (Å²) in [6.07, 6.45) is 31.2. The second-order valence-electron chi connectivity index (χ2n) is 10.1. The number of hydrogen-bond acceptors (Lipinski definition) is 2. The summed E-state index contributed by atoms with van der Waals surface area (Å²) in [4.78, 5) is 11.9. The molecule has 0 aliphatic heterocycles. The summed E-state index contributed by atoms with van der Waals surface area (Å²) in [5.74, 6) is 0.113. The minimum atomic E-state index is -0.0486. The van der Waals surface area contributed by atoms with Crippen molar-refractivity contribution >= 4 is 5.91 Å². The zero-order valence-corrected chi connectivity index (χ0v) is 22.1. The highest BCUT2D eigenvalue weighted by atomic mass is 16.3. The highest BCUT2D eigenvalue weighted by Gasteiger charge is 2.10. The lowest BCUT2D eigenvalue weighted by molar-refractivity contribution is -0.122. The van der Waals surface area contributed by atoms with Gasteiger partial charge in [-0.3, -0.25) is 4.79 Å². The van der Waals surface area contributed by atoms with E-state index in [1.165, 1.54) is 116 Å². The van der Waals surface area contributed by atoms with Gasteiger partial charge in [0.15, 0.2) is 0 Å². The van der Waals surface area contributed by atoms with Gasteiger partial charge >= 0.3 is 0 Å². The number of aliphatic hydroxyl groups is 1. The van der Waals surface area contributed by atoms with E-state index in [1.54, 1.807) is 0 Å². The molecule has 0 rings (SSSR count). The molecule has 0 aromatic rings. The minimum absolute atomic E-state index is 0.0486. The van der Waals surface area contributed by atoms with Crippen LogP contribution < -0.4 is 5.32 Å². The van der Waals surface area contributed by atoms with E-state index in [0.29, 0.717) is 6.42 Å². The van der Waals surface area contributed by atoms with Crippen molar-refractivity contribution in [1.29, 1.82) is 0 Å². The molecule has 2 N–H and O–H groups in total. The van der Waals surface area contributed by atoms with Crippen LogP contribution in [0.1, 0.15) is 168 Å². The highest BCUT2D eigenvalue weighted by molar-refractivity contribution is 5.76. The number of rotatable bonds is 26. The molecule has 1 amide bonds. The first-order valence-electron chi connectivity index (χ1n) is 14.6. The Morgan fingerprint density at radius 3 is 1.25 bits per heavy atom. The van der Waals surface area contributed by atoms with Crippen LogP contribution in [0.15, 0.2) is 0 Å². The standard InChI is InChI=1S/C29H59NO2/c1-3-5-7-8-9-10-11-12-13-14-15-16-17-18-19-20-21-22-23-24-26-29(32)30-28(27-31)25-6-4-2/h28,31H,3-27H2,1-2H3,(H,30,32). The van der Waals surface area contributed by atoms with Gasteiger partial charge in [-0.15, -0.1) is 0 Å². The van der Waals surface area contributed by atoms with E-state index in [0.717, 1.165) is 32.1 Å². The fraction of sp³-hybridized carbons (Fsp3) is 0.966. The summed E-state index contributed by atoms with van der Waals surface area (Å²) < 4.78 is 0. The van der Waals surface area contributed by atoms with Gasteiger partial charge in [-0.2, -0.15) is 0 Å². The lowest BCUT2D eigenvalue weighted by atomic mass is 10.0. The van der Waals surface area contributed by atoms with Crippen molar-refractivity contribution in [3.63, 3.8) is 0 Å². The number of carbonyl (C=O) groups is 1. The molecule has 192 valence electrons. The van der Waals surface area contributed by atoms with Crippen LogP contribution in [-0.4, -0.2) is 23.7 Å². The topological polar surface area (TPSA) is 49.3 Å². The van der Waals surface area contributed by atoms with Crippen molar-refractivity contribution in [1.82, 2.24) is 5.32 Å². The summed E-state index contributed by atoms with van der Waals surface area (Å²) in [6.45, 7) is 4.48. The summed E-state index contributed by atoms with van der Waals surface area (Å²) in [6, 6.07) is -0.0486. The molecule has 0 spiro atoms. The van der Waals surface area contributed by atoms with E-state index < -0.39 is 0 Å². The monoisotopic (exact) mass is 453 g/mol. The van der Waals surface area contributed by atoms with Gasteiger partial charge in [-0.1, -0.05) is 149 Å². The molecule has 0 aliphatic carbocycles. The van der Waals surface area contributed by atoms with Crippen molar-refractivity contribution in [2.24, 2.45) is 0 Å². The molecule has 0 aliphatic rings. The van der Waals surface area contributed by atoms with Gasteiger partial charge in [-0.05, 0) is 12.8 Å². The average molecular weight is 454 g/mol. The molecule has 0 aromatic heterocycles. The predicted molar refractivity (Wildman–Crippen MR) is 141 cm³/mol. The van der Waals surface area contributed by atoms with Gasteiger partial charge in [0.05, 0.1) is 12.6 Å². The Hall–Kier alpha value is -0.570. The molecule has 0 heterocycles. The van der Waals surface area contributed by atoms with Crippen LogP contribution in [-0.2, 0) is 4.79 Å². The van der Waals surface area contributed by atoms with Crippen LogP contribution in [0.3, 0.4) is 0 Å². The quantitative estimate of drug-likeness (QED) is 0.128. The van der Waals surface area contributed by atoms with E-state index in [1.807, 2.05) is 0 Å². The van der Waals surface area contributed by atoms with Crippen LogP contribution in [0, 0.1) is 0 Å². The fourth-order valence-electron chi connectivity index (χ4n) is 4.50. The van der Waals surface area contributed by atoms with Crippen LogP contribution in [0.25, 0.3) is 0 Å². The SMILES string of the molecule is CCCCCCCCCCCCCCCCCCCCCCC(=O)NC(CO)CCCC. The molecule has 0 radical (unpaired) electrons. The normalized spacial score (nSPS) is 12.2. The molecule has 1 atom stereocenters. The molecular weight excluding hydrogens is 394 g/mol. The number of nitrogens with one attached hydrogen (secondary N) is 1. The lowest BCUT2D eigenvalue weighted by Gasteiger charge is -2.15. The summed E-state index contributed by atoms with van der Waals surface area (Å²) in [7, 11) is 0. The summed E-state index contributed by atoms with van der Waals surface area (Å²) >= 11 is 0. The Kier molecular flexibility index (Phi) is 26.2. The first kappa shape index (κ1) is 31.4. The zero-order valence-electron chi connectivity index (χ0n) is 22.1. The van der Waals surface area contributed by atoms with Crippen LogP contribution in [0.5, 0.6) is 0 Å². The summed E-state index contributed by atoms with van der Waals surface area (Å²) in [5.41, 5.74) is 0. The van der Waals surface area contributed by atoms with Gasteiger partial charge in [-0.25, -0.2) is 0 Å². The van der Waals surface area contributed by atoms with Crippen LogP contribution >= 0.6 is 0 Å². The second kappa shape index (κ2) is 26.7. The Balaban J connectivity index is 3.21. The van der Waals surface area contributed by atoms with Gasteiger partial charge in [0.25, 0.3) is 0 Å². The molecule has 3 nitrogen and oxygen atoms in total. The van der Waals surface area contributed by atoms with Gasteiger partial charge in [0, 0.05) is 6.42 Å². The van der Waals surface area contributed by atoms with Crippen molar-refractivity contribution in [3.05, 3.63) is 0 Å². The Bertz CT molecular complexity index is 372. The average Bonchev–Trinajstić information content (AvgIpc) is 2.80. The zero-order chi connectivity index (χ0) is 23.5. The van der Waals surface area contributed by atoms with E-state index in [9.17, 15) is 9.90 Å². The molecule has 0 bridgehead atoms. The number of aliphatic hydroxyl groups excluding tert-OH is 1. The third-order valence-electron chi connectivity index (χ3n) is 6.75. The Morgan fingerprint density at radius 1 is 0.562 bits per heavy atom. The van der Waals surface area contributed by atoms with Gasteiger partial charge < -0.3 is 10.4 Å². The minimum Gasteiger partial charge on any atom is -0.394 e. The fourth-order valence-corrected chi connectivity index (χ4v) is 4.50. The van der Waals surface area contributed by atoms with E-state index >= 15 is 0 Å². The third-order valence-corrected chi connectivity index (χ3v) is 6.75. The smallest absolute Gasteiger partial charge is 0.220 e. The predicted octanol–water partition coefficient (Wildman–Crippen LogP) is 8.87. The molecule has 0 saturated heterocycles. The first-order valence-corrected chi connectivity index (χ1v) is 14.6. The highest BCUT2D eigenvalue weighted by Crippen LogP contribution is 2.15. The lowest BCUT2D eigenvalue weighted by Crippen LogP contribution is -2.37. The number of carbonyl (C=O) groups excluding carboxylic acids is 1. The maximum absolute atomic E-state index is 11.9. The maximum Gasteiger partial charge on any atom is 0.220 e. The van der Waals surface area contributed by atoms with Crippen molar-refractivity contribution in [2.45, 2.75) is 174 Å². The van der Waals surface area contributed by atoms with Crippen molar-refractivity contribution in [3.8, 4) is 0 Å². The number of amides is 1. The van der Waals surface area contributed by atoms with Crippen LogP contribution in [0.4, 0.5) is 0 Å². The van der Waals surface area contributed by atoms with Gasteiger partial charge in [0.2, 0.25) is 5.91 Å². The Labute approximate surface area is 201 Å². The van der Waals surface area contributed by atoms with E-state index in [-0.39, 0.29) is 18.6 Å². The third kappa shape index (κ3) is 24.1. The van der Waals surface area contributed by atoms with Crippen molar-refractivity contribution in [2.75, 3.05) is 6.61 Å². The van der Waals surface area contributed by atoms with E-state index in [4.69, 9.17) is 0 Å². The molecule has 0 aromatic carbocycles. The van der Waals surface area contributed by atoms with E-state index in [2.05, 4.69) is 19.2 Å². The van der Waals surface area contributed by atoms with Gasteiger partial charge in [0.1, 0.15) is 0 Å². The largest absolute Gasteiger partial charge is 0.394 e. The van der Waals surface area contributed by atoms with Crippen molar-refractivity contribution < 1.29 is 9.90 Å². The molecule has 0 saturated carbocycles. The number of hydrogen-bond donors (Lipinski definition) is 2. The summed E-state index contributed by atoms with van der Waals surface area (Å²) in [5, 5.41) is 12.3. The molecular formula is C29H59NO2. The molecule has 3 heteroatoms. The Morgan fingerprint density at radius 2 is 0.906 bits per heavy atom. The first-order chi connectivity index (χ1) is 15.7. The molecule has 32 heavy (non-hydrogen) atoms. The van der Waals surface area contributed by atoms with Crippen LogP contribution in [0.2, 0.25) is 0 Å². The second-order valence-corrected chi connectivity index (χ2v) is 10.1. The maximum atomic E-state index is 11.9. The molecule has 1 unspecified atom stereocenters.